The van der Waals surface area contributed by atoms with Crippen molar-refractivity contribution in [1.29, 1.82) is 5.26 Å². The molecular formula is C16H17N5OS2. The summed E-state index contributed by atoms with van der Waals surface area (Å²) in [6, 6.07) is 2.59. The average Bonchev–Trinajstić information content (AvgIpc) is 3.50. The summed E-state index contributed by atoms with van der Waals surface area (Å²) in [5.74, 6) is 0.964. The van der Waals surface area contributed by atoms with Crippen molar-refractivity contribution < 1.29 is 4.79 Å². The Kier molecular flexibility index (Phi) is 4.14. The van der Waals surface area contributed by atoms with Gasteiger partial charge in [0.1, 0.15) is 10.8 Å². The molecule has 0 aromatic carbocycles. The third-order valence-electron chi connectivity index (χ3n) is 4.22. The fourth-order valence-electron chi connectivity index (χ4n) is 2.67. The van der Waals surface area contributed by atoms with E-state index < -0.39 is 5.92 Å². The van der Waals surface area contributed by atoms with Crippen molar-refractivity contribution in [2.24, 2.45) is 0 Å². The van der Waals surface area contributed by atoms with E-state index in [0.717, 1.165) is 16.7 Å². The zero-order valence-corrected chi connectivity index (χ0v) is 14.9. The van der Waals surface area contributed by atoms with E-state index in [2.05, 4.69) is 25.8 Å². The Morgan fingerprint density at radius 3 is 2.83 bits per heavy atom. The van der Waals surface area contributed by atoms with Gasteiger partial charge in [-0.15, -0.1) is 21.5 Å². The van der Waals surface area contributed by atoms with Crippen molar-refractivity contribution in [3.05, 3.63) is 21.9 Å². The van der Waals surface area contributed by atoms with E-state index in [0.29, 0.717) is 17.0 Å². The highest BCUT2D eigenvalue weighted by atomic mass is 32.2. The van der Waals surface area contributed by atoms with Crippen LogP contribution in [0, 0.1) is 18.3 Å². The van der Waals surface area contributed by atoms with Gasteiger partial charge in [0.05, 0.1) is 11.8 Å². The molecule has 124 valence electrons. The van der Waals surface area contributed by atoms with Gasteiger partial charge in [-0.2, -0.15) is 5.26 Å². The van der Waals surface area contributed by atoms with Crippen molar-refractivity contribution in [2.45, 2.75) is 55.6 Å². The number of aromatic nitrogens is 4. The van der Waals surface area contributed by atoms with Gasteiger partial charge >= 0.3 is 0 Å². The zero-order chi connectivity index (χ0) is 16.7. The van der Waals surface area contributed by atoms with Crippen LogP contribution in [0.15, 0.2) is 10.5 Å². The molecule has 0 bridgehead atoms. The SMILES string of the molecule is Cc1csc(C(C#N)C(=O)CSc2nnc(C3CC3)n2C2CC2)n1. The second kappa shape index (κ2) is 6.30. The number of hydrogen-bond donors (Lipinski definition) is 0. The Morgan fingerprint density at radius 2 is 2.25 bits per heavy atom. The molecule has 2 heterocycles. The van der Waals surface area contributed by atoms with Crippen molar-refractivity contribution in [3.63, 3.8) is 0 Å². The summed E-state index contributed by atoms with van der Waals surface area (Å²) in [5, 5.41) is 21.3. The molecule has 2 fully saturated rings. The molecule has 1 atom stereocenters. The topological polar surface area (TPSA) is 84.5 Å². The second-order valence-electron chi connectivity index (χ2n) is 6.36. The number of nitriles is 1. The molecular weight excluding hydrogens is 342 g/mol. The van der Waals surface area contributed by atoms with E-state index in [1.165, 1.54) is 48.8 Å². The highest BCUT2D eigenvalue weighted by Gasteiger charge is 2.36. The molecule has 8 heteroatoms. The Labute approximate surface area is 148 Å². The number of carbonyl (C=O) groups is 1. The first-order valence-corrected chi connectivity index (χ1v) is 9.96. The molecule has 0 aliphatic heterocycles. The lowest BCUT2D eigenvalue weighted by molar-refractivity contribution is -0.116. The highest BCUT2D eigenvalue weighted by molar-refractivity contribution is 7.99. The van der Waals surface area contributed by atoms with Gasteiger partial charge in [0.25, 0.3) is 0 Å². The number of aryl methyl sites for hydroxylation is 1. The molecule has 4 rings (SSSR count). The maximum absolute atomic E-state index is 12.5. The second-order valence-corrected chi connectivity index (χ2v) is 8.19. The molecule has 0 amide bonds. The largest absolute Gasteiger partial charge is 0.303 e. The molecule has 1 unspecified atom stereocenters. The van der Waals surface area contributed by atoms with Gasteiger partial charge in [0.15, 0.2) is 16.9 Å². The van der Waals surface area contributed by atoms with Crippen LogP contribution in [0.1, 0.15) is 60.1 Å². The number of hydrogen-bond acceptors (Lipinski definition) is 7. The molecule has 24 heavy (non-hydrogen) atoms. The van der Waals surface area contributed by atoms with Crippen LogP contribution in [-0.2, 0) is 4.79 Å². The van der Waals surface area contributed by atoms with Crippen LogP contribution in [-0.4, -0.2) is 31.3 Å². The Balaban J connectivity index is 1.46. The number of nitrogens with zero attached hydrogens (tertiary/aromatic N) is 5. The number of ketones is 1. The third kappa shape index (κ3) is 3.10. The number of rotatable bonds is 7. The number of carbonyl (C=O) groups excluding carboxylic acids is 1. The molecule has 2 aliphatic carbocycles. The number of thioether (sulfide) groups is 1. The van der Waals surface area contributed by atoms with Crippen LogP contribution in [0.5, 0.6) is 0 Å². The van der Waals surface area contributed by atoms with Crippen molar-refractivity contribution in [1.82, 2.24) is 19.7 Å². The zero-order valence-electron chi connectivity index (χ0n) is 13.3. The van der Waals surface area contributed by atoms with Crippen LogP contribution in [0.2, 0.25) is 0 Å². The van der Waals surface area contributed by atoms with Gasteiger partial charge in [-0.1, -0.05) is 11.8 Å². The minimum Gasteiger partial charge on any atom is -0.303 e. The van der Waals surface area contributed by atoms with Crippen LogP contribution >= 0.6 is 23.1 Å². The smallest absolute Gasteiger partial charge is 0.191 e. The van der Waals surface area contributed by atoms with E-state index in [-0.39, 0.29) is 11.5 Å². The van der Waals surface area contributed by atoms with Crippen molar-refractivity contribution >= 4 is 28.9 Å². The Bertz CT molecular complexity index is 813. The molecule has 0 radical (unpaired) electrons. The van der Waals surface area contributed by atoms with Crippen LogP contribution < -0.4 is 0 Å². The van der Waals surface area contributed by atoms with E-state index >= 15 is 0 Å². The first-order chi connectivity index (χ1) is 11.7. The van der Waals surface area contributed by atoms with Gasteiger partial charge in [-0.3, -0.25) is 4.79 Å². The Morgan fingerprint density at radius 1 is 1.46 bits per heavy atom. The van der Waals surface area contributed by atoms with Gasteiger partial charge in [-0.05, 0) is 32.6 Å². The summed E-state index contributed by atoms with van der Waals surface area (Å²) in [7, 11) is 0. The number of Topliss-reactive ketones (excluding diaryl/α,β-unsaturated/α-hetero) is 1. The van der Waals surface area contributed by atoms with E-state index in [1.807, 2.05) is 12.3 Å². The normalized spacial score (nSPS) is 18.3. The fourth-order valence-corrected chi connectivity index (χ4v) is 4.45. The summed E-state index contributed by atoms with van der Waals surface area (Å²) in [6.45, 7) is 1.87. The summed E-state index contributed by atoms with van der Waals surface area (Å²) < 4.78 is 2.23. The predicted molar refractivity (Wildman–Crippen MR) is 91.2 cm³/mol. The molecule has 6 nitrogen and oxygen atoms in total. The minimum atomic E-state index is -0.781. The maximum Gasteiger partial charge on any atom is 0.191 e. The monoisotopic (exact) mass is 359 g/mol. The van der Waals surface area contributed by atoms with Crippen molar-refractivity contribution in [3.8, 4) is 6.07 Å². The van der Waals surface area contributed by atoms with Gasteiger partial charge in [0, 0.05) is 23.0 Å². The first kappa shape index (κ1) is 15.8. The molecule has 2 aromatic rings. The van der Waals surface area contributed by atoms with E-state index in [4.69, 9.17) is 0 Å². The van der Waals surface area contributed by atoms with Gasteiger partial charge in [-0.25, -0.2) is 4.98 Å². The van der Waals surface area contributed by atoms with E-state index in [9.17, 15) is 10.1 Å². The summed E-state index contributed by atoms with van der Waals surface area (Å²) in [6.07, 6.45) is 4.71. The molecule has 0 N–H and O–H groups in total. The van der Waals surface area contributed by atoms with E-state index in [1.54, 1.807) is 0 Å². The lowest BCUT2D eigenvalue weighted by atomic mass is 10.1. The lowest BCUT2D eigenvalue weighted by Gasteiger charge is -2.08. The Hall–Kier alpha value is -1.72. The molecule has 2 aromatic heterocycles. The quantitative estimate of drug-likeness (QED) is 0.706. The molecule has 0 saturated heterocycles. The molecule has 2 aliphatic rings. The van der Waals surface area contributed by atoms with Gasteiger partial charge in [0.2, 0.25) is 0 Å². The molecule has 2 saturated carbocycles. The molecule has 0 spiro atoms. The maximum atomic E-state index is 12.5. The number of thiazole rings is 1. The van der Waals surface area contributed by atoms with Crippen LogP contribution in [0.4, 0.5) is 0 Å². The minimum absolute atomic E-state index is 0.116. The third-order valence-corrected chi connectivity index (χ3v) is 6.22. The lowest BCUT2D eigenvalue weighted by Crippen LogP contribution is -2.14. The summed E-state index contributed by atoms with van der Waals surface area (Å²) >= 11 is 2.77. The standard InChI is InChI=1S/C16H17N5OS2/c1-9-7-23-15(18-9)12(6-17)13(22)8-24-16-20-19-14(10-2-3-10)21(16)11-4-5-11/h7,10-12H,2-5,8H2,1H3. The summed E-state index contributed by atoms with van der Waals surface area (Å²) in [5.41, 5.74) is 0.846. The average molecular weight is 359 g/mol. The summed E-state index contributed by atoms with van der Waals surface area (Å²) in [4.78, 5) is 16.8. The van der Waals surface area contributed by atoms with Crippen LogP contribution in [0.3, 0.4) is 0 Å². The van der Waals surface area contributed by atoms with Crippen molar-refractivity contribution in [2.75, 3.05) is 5.75 Å². The first-order valence-electron chi connectivity index (χ1n) is 8.09. The van der Waals surface area contributed by atoms with Crippen LogP contribution in [0.25, 0.3) is 0 Å². The highest BCUT2D eigenvalue weighted by Crippen LogP contribution is 2.46. The fraction of sp³-hybridized carbons (Fsp3) is 0.562. The predicted octanol–water partition coefficient (Wildman–Crippen LogP) is 3.22. The van der Waals surface area contributed by atoms with Gasteiger partial charge < -0.3 is 4.57 Å².